The zero-order valence-electron chi connectivity index (χ0n) is 10.8. The van der Waals surface area contributed by atoms with Crippen LogP contribution in [0.15, 0.2) is 0 Å². The zero-order chi connectivity index (χ0) is 12.2. The third-order valence-electron chi connectivity index (χ3n) is 3.95. The molecule has 2 heterocycles. The summed E-state index contributed by atoms with van der Waals surface area (Å²) in [5.41, 5.74) is 0. The van der Waals surface area contributed by atoms with E-state index in [-0.39, 0.29) is 0 Å². The maximum atomic E-state index is 5.37. The Morgan fingerprint density at radius 3 is 2.67 bits per heavy atom. The van der Waals surface area contributed by atoms with Gasteiger partial charge in [0.05, 0.1) is 25.8 Å². The highest BCUT2D eigenvalue weighted by atomic mass is 16.5. The Balaban J connectivity index is 1.66. The van der Waals surface area contributed by atoms with Gasteiger partial charge in [-0.25, -0.2) is 4.68 Å². The Morgan fingerprint density at radius 2 is 1.89 bits per heavy atom. The molecular weight excluding hydrogens is 230 g/mol. The molecule has 0 N–H and O–H groups in total. The van der Waals surface area contributed by atoms with Crippen LogP contribution in [0.5, 0.6) is 0 Å². The van der Waals surface area contributed by atoms with Crippen molar-refractivity contribution in [2.24, 2.45) is 0 Å². The highest BCUT2D eigenvalue weighted by Crippen LogP contribution is 2.28. The average Bonchev–Trinajstić information content (AvgIpc) is 2.89. The summed E-state index contributed by atoms with van der Waals surface area (Å²) in [7, 11) is 0. The molecule has 1 aromatic heterocycles. The van der Waals surface area contributed by atoms with Gasteiger partial charge in [-0.3, -0.25) is 4.90 Å². The predicted molar refractivity (Wildman–Crippen MR) is 66.0 cm³/mol. The second-order valence-corrected chi connectivity index (χ2v) is 5.22. The molecule has 1 aromatic rings. The number of hydrogen-bond donors (Lipinski definition) is 0. The van der Waals surface area contributed by atoms with Crippen molar-refractivity contribution in [1.29, 1.82) is 0 Å². The van der Waals surface area contributed by atoms with E-state index in [1.807, 2.05) is 0 Å². The topological polar surface area (TPSA) is 56.1 Å². The van der Waals surface area contributed by atoms with E-state index in [2.05, 4.69) is 25.1 Å². The van der Waals surface area contributed by atoms with Crippen LogP contribution in [-0.2, 0) is 11.3 Å². The summed E-state index contributed by atoms with van der Waals surface area (Å²) in [5, 5.41) is 12.3. The Bertz CT molecular complexity index is 368. The molecule has 0 aromatic carbocycles. The monoisotopic (exact) mass is 251 g/mol. The van der Waals surface area contributed by atoms with E-state index in [9.17, 15) is 0 Å². The molecule has 0 spiro atoms. The standard InChI is InChI=1S/C12H21N5O/c1-2-4-11(5-3-1)17-12(13-14-15-17)10-16-6-8-18-9-7-16/h11H,1-10H2. The Hall–Kier alpha value is -1.01. The molecule has 0 bridgehead atoms. The Kier molecular flexibility index (Phi) is 3.85. The number of tetrazole rings is 1. The summed E-state index contributed by atoms with van der Waals surface area (Å²) in [5.74, 6) is 1.02. The summed E-state index contributed by atoms with van der Waals surface area (Å²) < 4.78 is 7.43. The minimum Gasteiger partial charge on any atom is -0.379 e. The van der Waals surface area contributed by atoms with Gasteiger partial charge in [0.15, 0.2) is 5.82 Å². The van der Waals surface area contributed by atoms with Crippen molar-refractivity contribution in [1.82, 2.24) is 25.1 Å². The predicted octanol–water partition coefficient (Wildman–Crippen LogP) is 1.01. The second kappa shape index (κ2) is 5.75. The summed E-state index contributed by atoms with van der Waals surface area (Å²) in [6, 6.07) is 0.518. The lowest BCUT2D eigenvalue weighted by Crippen LogP contribution is -2.36. The van der Waals surface area contributed by atoms with Crippen LogP contribution in [0.4, 0.5) is 0 Å². The summed E-state index contributed by atoms with van der Waals surface area (Å²) in [6.07, 6.45) is 6.42. The number of rotatable bonds is 3. The lowest BCUT2D eigenvalue weighted by atomic mass is 9.95. The first-order valence-corrected chi connectivity index (χ1v) is 7.00. The van der Waals surface area contributed by atoms with Gasteiger partial charge in [0.2, 0.25) is 0 Å². The molecule has 0 amide bonds. The molecule has 0 unspecified atom stereocenters. The molecule has 1 saturated carbocycles. The molecule has 3 rings (SSSR count). The fourth-order valence-corrected chi connectivity index (χ4v) is 2.88. The van der Waals surface area contributed by atoms with Crippen LogP contribution in [0.1, 0.15) is 44.0 Å². The summed E-state index contributed by atoms with van der Waals surface area (Å²) in [6.45, 7) is 4.47. The van der Waals surface area contributed by atoms with Crippen molar-refractivity contribution in [3.8, 4) is 0 Å². The fraction of sp³-hybridized carbons (Fsp3) is 0.917. The third kappa shape index (κ3) is 2.70. The molecule has 2 fully saturated rings. The first-order chi connectivity index (χ1) is 8.93. The largest absolute Gasteiger partial charge is 0.379 e. The van der Waals surface area contributed by atoms with E-state index in [0.717, 1.165) is 38.7 Å². The third-order valence-corrected chi connectivity index (χ3v) is 3.95. The van der Waals surface area contributed by atoms with Gasteiger partial charge < -0.3 is 4.74 Å². The molecule has 1 aliphatic heterocycles. The summed E-state index contributed by atoms with van der Waals surface area (Å²) >= 11 is 0. The molecule has 6 nitrogen and oxygen atoms in total. The van der Waals surface area contributed by atoms with Crippen LogP contribution in [0.3, 0.4) is 0 Å². The van der Waals surface area contributed by atoms with E-state index < -0.39 is 0 Å². The number of hydrogen-bond acceptors (Lipinski definition) is 5. The van der Waals surface area contributed by atoms with Gasteiger partial charge in [0, 0.05) is 13.1 Å². The Labute approximate surface area is 107 Å². The van der Waals surface area contributed by atoms with Gasteiger partial charge in [-0.1, -0.05) is 19.3 Å². The van der Waals surface area contributed by atoms with Crippen LogP contribution in [0, 0.1) is 0 Å². The van der Waals surface area contributed by atoms with Gasteiger partial charge >= 0.3 is 0 Å². The maximum absolute atomic E-state index is 5.37. The van der Waals surface area contributed by atoms with E-state index in [1.165, 1.54) is 32.1 Å². The number of aromatic nitrogens is 4. The second-order valence-electron chi connectivity index (χ2n) is 5.22. The molecule has 6 heteroatoms. The van der Waals surface area contributed by atoms with Crippen LogP contribution >= 0.6 is 0 Å². The van der Waals surface area contributed by atoms with E-state index in [4.69, 9.17) is 4.74 Å². The molecule has 0 radical (unpaired) electrons. The smallest absolute Gasteiger partial charge is 0.165 e. The number of ether oxygens (including phenoxy) is 1. The van der Waals surface area contributed by atoms with Crippen LogP contribution < -0.4 is 0 Å². The van der Waals surface area contributed by atoms with Crippen molar-refractivity contribution in [3.63, 3.8) is 0 Å². The quantitative estimate of drug-likeness (QED) is 0.802. The highest BCUT2D eigenvalue weighted by molar-refractivity contribution is 4.86. The van der Waals surface area contributed by atoms with Crippen molar-refractivity contribution in [3.05, 3.63) is 5.82 Å². The van der Waals surface area contributed by atoms with Crippen molar-refractivity contribution in [2.45, 2.75) is 44.7 Å². The lowest BCUT2D eigenvalue weighted by Gasteiger charge is -2.27. The van der Waals surface area contributed by atoms with Crippen molar-refractivity contribution >= 4 is 0 Å². The SMILES string of the molecule is C1CCC(n2nnnc2CN2CCOCC2)CC1. The first kappa shape index (κ1) is 12.0. The molecule has 18 heavy (non-hydrogen) atoms. The summed E-state index contributed by atoms with van der Waals surface area (Å²) in [4.78, 5) is 2.37. The minimum absolute atomic E-state index is 0.518. The first-order valence-electron chi connectivity index (χ1n) is 7.00. The molecular formula is C12H21N5O. The van der Waals surface area contributed by atoms with Crippen molar-refractivity contribution in [2.75, 3.05) is 26.3 Å². The van der Waals surface area contributed by atoms with E-state index in [0.29, 0.717) is 6.04 Å². The average molecular weight is 251 g/mol. The molecule has 1 aliphatic carbocycles. The van der Waals surface area contributed by atoms with Gasteiger partial charge in [0.25, 0.3) is 0 Å². The van der Waals surface area contributed by atoms with Gasteiger partial charge in [-0.05, 0) is 23.3 Å². The number of nitrogens with zero attached hydrogens (tertiary/aromatic N) is 5. The minimum atomic E-state index is 0.518. The fourth-order valence-electron chi connectivity index (χ4n) is 2.88. The van der Waals surface area contributed by atoms with Gasteiger partial charge in [-0.2, -0.15) is 0 Å². The van der Waals surface area contributed by atoms with Crippen LogP contribution in [-0.4, -0.2) is 51.4 Å². The molecule has 2 aliphatic rings. The van der Waals surface area contributed by atoms with Crippen molar-refractivity contribution < 1.29 is 4.74 Å². The van der Waals surface area contributed by atoms with Gasteiger partial charge in [0.1, 0.15) is 0 Å². The molecule has 100 valence electrons. The van der Waals surface area contributed by atoms with E-state index >= 15 is 0 Å². The van der Waals surface area contributed by atoms with Crippen LogP contribution in [0.2, 0.25) is 0 Å². The lowest BCUT2D eigenvalue weighted by molar-refractivity contribution is 0.0320. The number of morpholine rings is 1. The highest BCUT2D eigenvalue weighted by Gasteiger charge is 2.21. The molecule has 1 saturated heterocycles. The molecule has 0 atom stereocenters. The normalized spacial score (nSPS) is 23.3. The zero-order valence-corrected chi connectivity index (χ0v) is 10.8. The Morgan fingerprint density at radius 1 is 1.11 bits per heavy atom. The maximum Gasteiger partial charge on any atom is 0.165 e. The van der Waals surface area contributed by atoms with Crippen LogP contribution in [0.25, 0.3) is 0 Å². The van der Waals surface area contributed by atoms with E-state index in [1.54, 1.807) is 0 Å². The van der Waals surface area contributed by atoms with Gasteiger partial charge in [-0.15, -0.1) is 5.10 Å².